The molecule has 0 aliphatic carbocycles. The summed E-state index contributed by atoms with van der Waals surface area (Å²) in [5, 5.41) is 19.2. The van der Waals surface area contributed by atoms with Crippen LogP contribution in [0.4, 0.5) is 0 Å². The number of aromatic hydroxyl groups is 1. The van der Waals surface area contributed by atoms with E-state index >= 15 is 0 Å². The first-order valence-corrected chi connectivity index (χ1v) is 9.30. The smallest absolute Gasteiger partial charge is 0.251 e. The second-order valence-electron chi connectivity index (χ2n) is 5.87. The number of phenols is 1. The molecule has 0 radical (unpaired) electrons. The van der Waals surface area contributed by atoms with Crippen LogP contribution < -0.4 is 16.0 Å². The van der Waals surface area contributed by atoms with Gasteiger partial charge in [-0.3, -0.25) is 9.79 Å². The number of amides is 1. The summed E-state index contributed by atoms with van der Waals surface area (Å²) in [4.78, 5) is 16.5. The largest absolute Gasteiger partial charge is 0.508 e. The number of benzene rings is 2. The summed E-state index contributed by atoms with van der Waals surface area (Å²) in [6.07, 6.45) is 0.825. The third-order valence-electron chi connectivity index (χ3n) is 3.76. The van der Waals surface area contributed by atoms with Crippen LogP contribution in [0, 0.1) is 0 Å². The van der Waals surface area contributed by atoms with E-state index in [1.807, 2.05) is 31.2 Å². The lowest BCUT2D eigenvalue weighted by Gasteiger charge is -2.12. The SMILES string of the molecule is CCNC(=NCCc1ccc(Cl)cc1)NCCNC(=O)c1ccc(O)cc1. The first-order valence-electron chi connectivity index (χ1n) is 8.92. The van der Waals surface area contributed by atoms with Gasteiger partial charge in [0.1, 0.15) is 5.75 Å². The van der Waals surface area contributed by atoms with Gasteiger partial charge in [0.25, 0.3) is 5.91 Å². The van der Waals surface area contributed by atoms with Crippen molar-refractivity contribution in [1.29, 1.82) is 0 Å². The highest BCUT2D eigenvalue weighted by atomic mass is 35.5. The van der Waals surface area contributed by atoms with Crippen molar-refractivity contribution in [2.24, 2.45) is 4.99 Å². The summed E-state index contributed by atoms with van der Waals surface area (Å²) >= 11 is 5.89. The maximum atomic E-state index is 12.0. The van der Waals surface area contributed by atoms with Crippen molar-refractivity contribution in [3.8, 4) is 5.75 Å². The molecule has 1 amide bonds. The number of carbonyl (C=O) groups excluding carboxylic acids is 1. The molecule has 144 valence electrons. The van der Waals surface area contributed by atoms with E-state index in [2.05, 4.69) is 20.9 Å². The Balaban J connectivity index is 1.73. The van der Waals surface area contributed by atoms with E-state index in [4.69, 9.17) is 11.6 Å². The molecule has 0 spiro atoms. The number of halogens is 1. The zero-order valence-electron chi connectivity index (χ0n) is 15.3. The number of aliphatic imine (C=N–C) groups is 1. The Hall–Kier alpha value is -2.73. The number of rotatable bonds is 8. The van der Waals surface area contributed by atoms with Crippen molar-refractivity contribution in [3.05, 3.63) is 64.7 Å². The predicted octanol–water partition coefficient (Wildman–Crippen LogP) is 2.57. The first kappa shape index (κ1) is 20.6. The predicted molar refractivity (Wildman–Crippen MR) is 110 cm³/mol. The van der Waals surface area contributed by atoms with Crippen LogP contribution in [0.15, 0.2) is 53.5 Å². The van der Waals surface area contributed by atoms with Crippen molar-refractivity contribution < 1.29 is 9.90 Å². The average molecular weight is 389 g/mol. The van der Waals surface area contributed by atoms with Gasteiger partial charge in [-0.15, -0.1) is 0 Å². The molecular formula is C20H25ClN4O2. The third-order valence-corrected chi connectivity index (χ3v) is 4.01. The van der Waals surface area contributed by atoms with Gasteiger partial charge >= 0.3 is 0 Å². The molecule has 2 aromatic carbocycles. The van der Waals surface area contributed by atoms with E-state index in [-0.39, 0.29) is 11.7 Å². The summed E-state index contributed by atoms with van der Waals surface area (Å²) in [6, 6.07) is 13.9. The Kier molecular flexibility index (Phi) is 8.45. The summed E-state index contributed by atoms with van der Waals surface area (Å²) in [7, 11) is 0. The van der Waals surface area contributed by atoms with Crippen LogP contribution in [0.2, 0.25) is 5.02 Å². The molecule has 2 aromatic rings. The summed E-state index contributed by atoms with van der Waals surface area (Å²) in [5.41, 5.74) is 1.69. The van der Waals surface area contributed by atoms with E-state index < -0.39 is 0 Å². The summed E-state index contributed by atoms with van der Waals surface area (Å²) in [6.45, 7) is 4.42. The van der Waals surface area contributed by atoms with Gasteiger partial charge in [0.2, 0.25) is 0 Å². The lowest BCUT2D eigenvalue weighted by molar-refractivity contribution is 0.0954. The molecule has 27 heavy (non-hydrogen) atoms. The lowest BCUT2D eigenvalue weighted by Crippen LogP contribution is -2.41. The van der Waals surface area contributed by atoms with Crippen molar-refractivity contribution in [3.63, 3.8) is 0 Å². The second kappa shape index (κ2) is 11.1. The van der Waals surface area contributed by atoms with Gasteiger partial charge in [-0.1, -0.05) is 23.7 Å². The average Bonchev–Trinajstić information content (AvgIpc) is 2.67. The molecule has 6 nitrogen and oxygen atoms in total. The number of phenolic OH excluding ortho intramolecular Hbond substituents is 1. The van der Waals surface area contributed by atoms with Crippen LogP contribution in [-0.4, -0.2) is 43.2 Å². The zero-order chi connectivity index (χ0) is 19.5. The van der Waals surface area contributed by atoms with E-state index in [1.54, 1.807) is 12.1 Å². The molecular weight excluding hydrogens is 364 g/mol. The summed E-state index contributed by atoms with van der Waals surface area (Å²) in [5.74, 6) is 0.671. The standard InChI is InChI=1S/C20H25ClN4O2/c1-2-22-20(24-12-11-15-3-7-17(21)8-4-15)25-14-13-23-19(27)16-5-9-18(26)10-6-16/h3-10,26H,2,11-14H2,1H3,(H,23,27)(H2,22,24,25). The third kappa shape index (κ3) is 7.58. The fraction of sp³-hybridized carbons (Fsp3) is 0.300. The number of nitrogens with one attached hydrogen (secondary N) is 3. The molecule has 0 atom stereocenters. The molecule has 0 saturated heterocycles. The van der Waals surface area contributed by atoms with Gasteiger partial charge in [-0.2, -0.15) is 0 Å². The Morgan fingerprint density at radius 2 is 1.67 bits per heavy atom. The Morgan fingerprint density at radius 1 is 1.00 bits per heavy atom. The highest BCUT2D eigenvalue weighted by molar-refractivity contribution is 6.30. The highest BCUT2D eigenvalue weighted by Crippen LogP contribution is 2.10. The fourth-order valence-corrected chi connectivity index (χ4v) is 2.49. The Morgan fingerprint density at radius 3 is 2.33 bits per heavy atom. The molecule has 0 aromatic heterocycles. The normalized spacial score (nSPS) is 11.1. The summed E-state index contributed by atoms with van der Waals surface area (Å²) < 4.78 is 0. The molecule has 2 rings (SSSR count). The quantitative estimate of drug-likeness (QED) is 0.318. The molecule has 4 N–H and O–H groups in total. The van der Waals surface area contributed by atoms with Gasteiger partial charge in [-0.05, 0) is 55.3 Å². The van der Waals surface area contributed by atoms with Gasteiger partial charge in [0, 0.05) is 36.8 Å². The van der Waals surface area contributed by atoms with Crippen molar-refractivity contribution >= 4 is 23.5 Å². The van der Waals surface area contributed by atoms with Crippen LogP contribution in [0.5, 0.6) is 5.75 Å². The number of hydrogen-bond donors (Lipinski definition) is 4. The van der Waals surface area contributed by atoms with Gasteiger partial charge in [-0.25, -0.2) is 0 Å². The number of carbonyl (C=O) groups is 1. The minimum Gasteiger partial charge on any atom is -0.508 e. The van der Waals surface area contributed by atoms with Crippen LogP contribution in [0.1, 0.15) is 22.8 Å². The number of nitrogens with zero attached hydrogens (tertiary/aromatic N) is 1. The lowest BCUT2D eigenvalue weighted by atomic mass is 10.1. The maximum absolute atomic E-state index is 12.0. The first-order chi connectivity index (χ1) is 13.1. The minimum atomic E-state index is -0.179. The van der Waals surface area contributed by atoms with E-state index in [9.17, 15) is 9.90 Å². The Labute approximate surface area is 164 Å². The second-order valence-corrected chi connectivity index (χ2v) is 6.30. The molecule has 0 heterocycles. The van der Waals surface area contributed by atoms with Crippen LogP contribution in [-0.2, 0) is 6.42 Å². The monoisotopic (exact) mass is 388 g/mol. The molecule has 0 saturated carbocycles. The number of hydrogen-bond acceptors (Lipinski definition) is 3. The molecule has 0 aliphatic rings. The molecule has 0 unspecified atom stereocenters. The highest BCUT2D eigenvalue weighted by Gasteiger charge is 2.04. The number of guanidine groups is 1. The maximum Gasteiger partial charge on any atom is 0.251 e. The molecule has 0 aliphatic heterocycles. The van der Waals surface area contributed by atoms with Crippen LogP contribution in [0.3, 0.4) is 0 Å². The van der Waals surface area contributed by atoms with Crippen molar-refractivity contribution in [2.75, 3.05) is 26.2 Å². The minimum absolute atomic E-state index is 0.137. The van der Waals surface area contributed by atoms with E-state index in [0.717, 1.165) is 18.0 Å². The van der Waals surface area contributed by atoms with E-state index in [0.29, 0.717) is 31.2 Å². The van der Waals surface area contributed by atoms with Gasteiger partial charge in [0.15, 0.2) is 5.96 Å². The van der Waals surface area contributed by atoms with Crippen molar-refractivity contribution in [2.45, 2.75) is 13.3 Å². The van der Waals surface area contributed by atoms with Gasteiger partial charge in [0.05, 0.1) is 0 Å². The van der Waals surface area contributed by atoms with Crippen LogP contribution >= 0.6 is 11.6 Å². The molecule has 0 fully saturated rings. The van der Waals surface area contributed by atoms with Crippen molar-refractivity contribution in [1.82, 2.24) is 16.0 Å². The zero-order valence-corrected chi connectivity index (χ0v) is 16.1. The topological polar surface area (TPSA) is 85.8 Å². The molecule has 0 bridgehead atoms. The fourth-order valence-electron chi connectivity index (χ4n) is 2.36. The van der Waals surface area contributed by atoms with E-state index in [1.165, 1.54) is 17.7 Å². The van der Waals surface area contributed by atoms with Gasteiger partial charge < -0.3 is 21.1 Å². The molecule has 7 heteroatoms. The van der Waals surface area contributed by atoms with Crippen LogP contribution in [0.25, 0.3) is 0 Å². The Bertz CT molecular complexity index is 746.